The second kappa shape index (κ2) is 9.83. The van der Waals surface area contributed by atoms with Crippen molar-refractivity contribution in [3.63, 3.8) is 0 Å². The lowest BCUT2D eigenvalue weighted by Gasteiger charge is -2.03. The predicted molar refractivity (Wildman–Crippen MR) is 82.8 cm³/mol. The highest BCUT2D eigenvalue weighted by Gasteiger charge is 2.05. The van der Waals surface area contributed by atoms with Crippen LogP contribution in [0.1, 0.15) is 31.4 Å². The van der Waals surface area contributed by atoms with E-state index >= 15 is 0 Å². The molecule has 0 radical (unpaired) electrons. The number of hydrogen-bond acceptors (Lipinski definition) is 3. The predicted octanol–water partition coefficient (Wildman–Crippen LogP) is 3.58. The third-order valence-corrected chi connectivity index (χ3v) is 2.56. The van der Waals surface area contributed by atoms with Crippen molar-refractivity contribution in [3.8, 4) is 0 Å². The van der Waals surface area contributed by atoms with Gasteiger partial charge in [-0.15, -0.1) is 6.58 Å². The molecule has 1 aromatic heterocycles. The smallest absolute Gasteiger partial charge is 0.130 e. The maximum Gasteiger partial charge on any atom is 0.130 e. The van der Waals surface area contributed by atoms with E-state index in [-0.39, 0.29) is 0 Å². The Balaban J connectivity index is 0.000000467. The Labute approximate surface area is 115 Å². The number of pyridine rings is 1. The van der Waals surface area contributed by atoms with E-state index in [4.69, 9.17) is 10.5 Å². The van der Waals surface area contributed by atoms with Crippen molar-refractivity contribution in [2.24, 2.45) is 0 Å². The summed E-state index contributed by atoms with van der Waals surface area (Å²) in [5.41, 5.74) is 9.36. The van der Waals surface area contributed by atoms with Crippen molar-refractivity contribution >= 4 is 18.7 Å². The van der Waals surface area contributed by atoms with E-state index in [0.29, 0.717) is 5.82 Å². The third-order valence-electron chi connectivity index (χ3n) is 2.56. The number of hydrogen-bond donors (Lipinski definition) is 1. The molecule has 0 bridgehead atoms. The van der Waals surface area contributed by atoms with Gasteiger partial charge >= 0.3 is 0 Å². The summed E-state index contributed by atoms with van der Waals surface area (Å²) < 4.78 is 0. The van der Waals surface area contributed by atoms with Crippen molar-refractivity contribution < 1.29 is 4.79 Å². The van der Waals surface area contributed by atoms with Gasteiger partial charge in [0.05, 0.1) is 0 Å². The summed E-state index contributed by atoms with van der Waals surface area (Å²) in [6, 6.07) is 2.02. The summed E-state index contributed by atoms with van der Waals surface area (Å²) in [5.74, 6) is 0.622. The highest BCUT2D eigenvalue weighted by Crippen LogP contribution is 2.21. The van der Waals surface area contributed by atoms with Crippen LogP contribution in [-0.4, -0.2) is 11.8 Å². The Bertz CT molecular complexity index is 462. The molecule has 0 spiro atoms. The molecule has 1 aliphatic rings. The highest BCUT2D eigenvalue weighted by atomic mass is 16.1. The number of allylic oxidation sites excluding steroid dienone is 4. The lowest BCUT2D eigenvalue weighted by atomic mass is 10.1. The molecule has 0 aromatic carbocycles. The molecule has 3 nitrogen and oxygen atoms in total. The second-order valence-electron chi connectivity index (χ2n) is 3.95. The Kier molecular flexibility index (Phi) is 8.71. The number of fused-ring (bicyclic) bond motifs is 1. The molecule has 1 aromatic rings. The van der Waals surface area contributed by atoms with E-state index in [9.17, 15) is 0 Å². The van der Waals surface area contributed by atoms with Crippen LogP contribution in [0.2, 0.25) is 0 Å². The van der Waals surface area contributed by atoms with Gasteiger partial charge in [-0.25, -0.2) is 4.98 Å². The first-order valence-corrected chi connectivity index (χ1v) is 6.17. The molecular weight excluding hydrogens is 236 g/mol. The standard InChI is InChI=1S/C11H12N2.C4H8.CH2O/c1-8-2-4-9-6-7-13-11(12)10(9)5-3-8;1-3-4-2;1-2/h2-3,5-7H,4H2,1H3,(H2,12,13);3H,1,4H2,2H3;1H2. The zero-order valence-corrected chi connectivity index (χ0v) is 11.7. The van der Waals surface area contributed by atoms with Gasteiger partial charge in [0.15, 0.2) is 0 Å². The minimum absolute atomic E-state index is 0.622. The average molecular weight is 258 g/mol. The zero-order valence-electron chi connectivity index (χ0n) is 11.7. The Morgan fingerprint density at radius 3 is 2.63 bits per heavy atom. The molecule has 2 N–H and O–H groups in total. The van der Waals surface area contributed by atoms with Gasteiger partial charge in [0.1, 0.15) is 12.6 Å². The van der Waals surface area contributed by atoms with Gasteiger partial charge in [-0.3, -0.25) is 0 Å². The Morgan fingerprint density at radius 1 is 1.42 bits per heavy atom. The monoisotopic (exact) mass is 258 g/mol. The summed E-state index contributed by atoms with van der Waals surface area (Å²) in [6.07, 6.45) is 12.0. The summed E-state index contributed by atoms with van der Waals surface area (Å²) in [5, 5.41) is 0. The van der Waals surface area contributed by atoms with Crippen molar-refractivity contribution in [3.05, 3.63) is 53.8 Å². The average Bonchev–Trinajstić information content (AvgIpc) is 2.65. The first-order chi connectivity index (χ1) is 9.19. The van der Waals surface area contributed by atoms with E-state index < -0.39 is 0 Å². The second-order valence-corrected chi connectivity index (χ2v) is 3.95. The van der Waals surface area contributed by atoms with Crippen LogP contribution in [0, 0.1) is 0 Å². The fourth-order valence-corrected chi connectivity index (χ4v) is 1.46. The minimum Gasteiger partial charge on any atom is -0.383 e. The largest absolute Gasteiger partial charge is 0.383 e. The minimum atomic E-state index is 0.622. The van der Waals surface area contributed by atoms with Gasteiger partial charge in [-0.2, -0.15) is 0 Å². The molecule has 0 amide bonds. The van der Waals surface area contributed by atoms with E-state index in [1.165, 1.54) is 11.1 Å². The van der Waals surface area contributed by atoms with Gasteiger partial charge in [0.2, 0.25) is 0 Å². The van der Waals surface area contributed by atoms with E-state index in [1.54, 1.807) is 6.20 Å². The summed E-state index contributed by atoms with van der Waals surface area (Å²) in [6.45, 7) is 9.63. The van der Waals surface area contributed by atoms with Gasteiger partial charge in [0, 0.05) is 11.8 Å². The first-order valence-electron chi connectivity index (χ1n) is 6.17. The zero-order chi connectivity index (χ0) is 14.7. The maximum atomic E-state index is 8.00. The molecule has 0 saturated carbocycles. The summed E-state index contributed by atoms with van der Waals surface area (Å²) in [7, 11) is 0. The van der Waals surface area contributed by atoms with Crippen LogP contribution in [0.3, 0.4) is 0 Å². The van der Waals surface area contributed by atoms with Crippen LogP contribution in [0.5, 0.6) is 0 Å². The number of anilines is 1. The van der Waals surface area contributed by atoms with Crippen LogP contribution < -0.4 is 5.73 Å². The number of nitrogen functional groups attached to an aromatic ring is 1. The molecule has 2 rings (SSSR count). The number of nitrogens with two attached hydrogens (primary N) is 1. The summed E-state index contributed by atoms with van der Waals surface area (Å²) in [4.78, 5) is 12.1. The van der Waals surface area contributed by atoms with Crippen LogP contribution in [0.15, 0.2) is 42.6 Å². The van der Waals surface area contributed by atoms with Crippen LogP contribution in [-0.2, 0) is 11.2 Å². The van der Waals surface area contributed by atoms with E-state index in [0.717, 1.165) is 18.4 Å². The number of carbonyl (C=O) groups is 1. The van der Waals surface area contributed by atoms with Gasteiger partial charge < -0.3 is 10.5 Å². The highest BCUT2D eigenvalue weighted by molar-refractivity contribution is 5.67. The van der Waals surface area contributed by atoms with Crippen molar-refractivity contribution in [1.29, 1.82) is 0 Å². The lowest BCUT2D eigenvalue weighted by molar-refractivity contribution is -0.0979. The topological polar surface area (TPSA) is 56.0 Å². The lowest BCUT2D eigenvalue weighted by Crippen LogP contribution is -1.97. The molecule has 0 unspecified atom stereocenters. The molecule has 0 aliphatic heterocycles. The molecule has 102 valence electrons. The van der Waals surface area contributed by atoms with Crippen molar-refractivity contribution in [1.82, 2.24) is 4.98 Å². The maximum absolute atomic E-state index is 8.00. The molecule has 1 heterocycles. The van der Waals surface area contributed by atoms with Crippen molar-refractivity contribution in [2.75, 3.05) is 5.73 Å². The van der Waals surface area contributed by atoms with E-state index in [2.05, 4.69) is 37.6 Å². The molecule has 1 aliphatic carbocycles. The number of nitrogens with zero attached hydrogens (tertiary/aromatic N) is 1. The Morgan fingerprint density at radius 2 is 2.05 bits per heavy atom. The van der Waals surface area contributed by atoms with E-state index in [1.807, 2.05) is 25.0 Å². The molecule has 0 atom stereocenters. The fourth-order valence-electron chi connectivity index (χ4n) is 1.46. The fraction of sp³-hybridized carbons (Fsp3) is 0.250. The first kappa shape index (κ1) is 16.8. The number of carbonyl (C=O) groups excluding carboxylic acids is 1. The van der Waals surface area contributed by atoms with Crippen LogP contribution >= 0.6 is 0 Å². The van der Waals surface area contributed by atoms with Crippen LogP contribution in [0.25, 0.3) is 6.08 Å². The quantitative estimate of drug-likeness (QED) is 0.783. The SMILES string of the molecule is C=CCC.C=O.CC1=CCc2ccnc(N)c2C=C1. The molecular formula is C16H22N2O. The van der Waals surface area contributed by atoms with Gasteiger partial charge in [-0.1, -0.05) is 36.8 Å². The number of aromatic nitrogens is 1. The number of rotatable bonds is 1. The van der Waals surface area contributed by atoms with Crippen LogP contribution in [0.4, 0.5) is 5.82 Å². The van der Waals surface area contributed by atoms with Crippen molar-refractivity contribution in [2.45, 2.75) is 26.7 Å². The van der Waals surface area contributed by atoms with Gasteiger partial charge in [0.25, 0.3) is 0 Å². The Hall–Kier alpha value is -2.16. The molecule has 19 heavy (non-hydrogen) atoms. The molecule has 0 saturated heterocycles. The van der Waals surface area contributed by atoms with Gasteiger partial charge in [-0.05, 0) is 31.4 Å². The third kappa shape index (κ3) is 5.82. The normalized spacial score (nSPS) is 11.6. The molecule has 0 fully saturated rings. The summed E-state index contributed by atoms with van der Waals surface area (Å²) >= 11 is 0. The molecule has 3 heteroatoms.